The standard InChI is InChI=1S/C13H14N2O2/c1-9(2)11-5-3-4-6-12(11)15-8-10(7-14)17-13(15)16/h3-6,9-10H,8H2,1-2H3. The van der Waals surface area contributed by atoms with E-state index >= 15 is 0 Å². The third-order valence-corrected chi connectivity index (χ3v) is 2.81. The smallest absolute Gasteiger partial charge is 0.415 e. The van der Waals surface area contributed by atoms with Crippen LogP contribution in [0.2, 0.25) is 0 Å². The van der Waals surface area contributed by atoms with Gasteiger partial charge in [-0.2, -0.15) is 5.26 Å². The maximum atomic E-state index is 11.7. The van der Waals surface area contributed by atoms with E-state index in [-0.39, 0.29) is 0 Å². The summed E-state index contributed by atoms with van der Waals surface area (Å²) in [6, 6.07) is 9.67. The van der Waals surface area contributed by atoms with E-state index in [4.69, 9.17) is 10.00 Å². The number of amides is 1. The van der Waals surface area contributed by atoms with Crippen molar-refractivity contribution in [1.82, 2.24) is 0 Å². The number of nitrogens with zero attached hydrogens (tertiary/aromatic N) is 2. The van der Waals surface area contributed by atoms with E-state index in [0.717, 1.165) is 11.3 Å². The Hall–Kier alpha value is -2.02. The van der Waals surface area contributed by atoms with Gasteiger partial charge in [0, 0.05) is 0 Å². The number of anilines is 1. The molecule has 0 aromatic heterocycles. The third-order valence-electron chi connectivity index (χ3n) is 2.81. The topological polar surface area (TPSA) is 53.3 Å². The van der Waals surface area contributed by atoms with Crippen LogP contribution in [-0.2, 0) is 4.74 Å². The Morgan fingerprint density at radius 1 is 1.47 bits per heavy atom. The third kappa shape index (κ3) is 2.09. The maximum Gasteiger partial charge on any atom is 0.415 e. The van der Waals surface area contributed by atoms with Crippen LogP contribution in [0.4, 0.5) is 10.5 Å². The summed E-state index contributed by atoms with van der Waals surface area (Å²) in [6.45, 7) is 4.45. The highest BCUT2D eigenvalue weighted by atomic mass is 16.6. The first-order valence-electron chi connectivity index (χ1n) is 5.60. The summed E-state index contributed by atoms with van der Waals surface area (Å²) in [5.74, 6) is 0.320. The minimum absolute atomic E-state index is 0.305. The second-order valence-corrected chi connectivity index (χ2v) is 4.33. The van der Waals surface area contributed by atoms with Crippen molar-refractivity contribution in [2.45, 2.75) is 25.9 Å². The predicted molar refractivity (Wildman–Crippen MR) is 63.8 cm³/mol. The van der Waals surface area contributed by atoms with Crippen molar-refractivity contribution in [3.05, 3.63) is 29.8 Å². The molecule has 4 nitrogen and oxygen atoms in total. The van der Waals surface area contributed by atoms with Crippen LogP contribution in [0.3, 0.4) is 0 Å². The van der Waals surface area contributed by atoms with Gasteiger partial charge < -0.3 is 4.74 Å². The first kappa shape index (κ1) is 11.5. The first-order valence-corrected chi connectivity index (χ1v) is 5.60. The Labute approximate surface area is 100 Å². The van der Waals surface area contributed by atoms with Crippen LogP contribution >= 0.6 is 0 Å². The average molecular weight is 230 g/mol. The first-order chi connectivity index (χ1) is 8.13. The van der Waals surface area contributed by atoms with Crippen molar-refractivity contribution in [2.24, 2.45) is 0 Å². The molecule has 0 bridgehead atoms. The monoisotopic (exact) mass is 230 g/mol. The second-order valence-electron chi connectivity index (χ2n) is 4.33. The van der Waals surface area contributed by atoms with Crippen molar-refractivity contribution < 1.29 is 9.53 Å². The van der Waals surface area contributed by atoms with Gasteiger partial charge in [0.2, 0.25) is 6.10 Å². The van der Waals surface area contributed by atoms with E-state index in [1.807, 2.05) is 30.3 Å². The van der Waals surface area contributed by atoms with Crippen molar-refractivity contribution >= 4 is 11.8 Å². The maximum absolute atomic E-state index is 11.7. The number of para-hydroxylation sites is 1. The zero-order chi connectivity index (χ0) is 12.4. The fourth-order valence-corrected chi connectivity index (χ4v) is 1.95. The van der Waals surface area contributed by atoms with Gasteiger partial charge in [-0.3, -0.25) is 4.90 Å². The summed E-state index contributed by atoms with van der Waals surface area (Å²) in [5, 5.41) is 8.77. The van der Waals surface area contributed by atoms with Gasteiger partial charge in [-0.05, 0) is 17.5 Å². The molecule has 0 aliphatic carbocycles. The van der Waals surface area contributed by atoms with Gasteiger partial charge in [0.1, 0.15) is 6.07 Å². The van der Waals surface area contributed by atoms with Crippen LogP contribution in [-0.4, -0.2) is 18.7 Å². The van der Waals surface area contributed by atoms with Crippen molar-refractivity contribution in [3.8, 4) is 6.07 Å². The number of nitriles is 1. The fraction of sp³-hybridized carbons (Fsp3) is 0.385. The Morgan fingerprint density at radius 2 is 2.18 bits per heavy atom. The zero-order valence-electron chi connectivity index (χ0n) is 9.88. The molecule has 2 rings (SSSR count). The lowest BCUT2D eigenvalue weighted by molar-refractivity contribution is 0.162. The van der Waals surface area contributed by atoms with Gasteiger partial charge in [-0.25, -0.2) is 4.79 Å². The summed E-state index contributed by atoms with van der Waals surface area (Å²) in [5.41, 5.74) is 1.92. The molecule has 0 radical (unpaired) electrons. The normalized spacial score (nSPS) is 19.3. The molecule has 1 aromatic rings. The van der Waals surface area contributed by atoms with Crippen molar-refractivity contribution in [1.29, 1.82) is 5.26 Å². The lowest BCUT2D eigenvalue weighted by atomic mass is 10.0. The number of rotatable bonds is 2. The van der Waals surface area contributed by atoms with Crippen LogP contribution in [0.15, 0.2) is 24.3 Å². The SMILES string of the molecule is CC(C)c1ccccc1N1CC(C#N)OC1=O. The molecule has 1 saturated heterocycles. The van der Waals surface area contributed by atoms with Crippen LogP contribution in [0, 0.1) is 11.3 Å². The van der Waals surface area contributed by atoms with Crippen LogP contribution in [0.25, 0.3) is 0 Å². The van der Waals surface area contributed by atoms with Crippen molar-refractivity contribution in [3.63, 3.8) is 0 Å². The number of benzene rings is 1. The van der Waals surface area contributed by atoms with Gasteiger partial charge >= 0.3 is 6.09 Å². The Balaban J connectivity index is 2.35. The molecular weight excluding hydrogens is 216 g/mol. The highest BCUT2D eigenvalue weighted by Gasteiger charge is 2.33. The molecule has 88 valence electrons. The molecule has 1 aromatic carbocycles. The average Bonchev–Trinajstić information content (AvgIpc) is 2.70. The van der Waals surface area contributed by atoms with Gasteiger partial charge in [-0.15, -0.1) is 0 Å². The molecule has 0 saturated carbocycles. The summed E-state index contributed by atoms with van der Waals surface area (Å²) < 4.78 is 4.94. The van der Waals surface area contributed by atoms with Crippen LogP contribution in [0.1, 0.15) is 25.3 Å². The number of hydrogen-bond donors (Lipinski definition) is 0. The van der Waals surface area contributed by atoms with E-state index < -0.39 is 12.2 Å². The molecule has 1 amide bonds. The largest absolute Gasteiger partial charge is 0.428 e. The number of hydrogen-bond acceptors (Lipinski definition) is 3. The lowest BCUT2D eigenvalue weighted by Gasteiger charge is -2.19. The lowest BCUT2D eigenvalue weighted by Crippen LogP contribution is -2.25. The molecule has 0 spiro atoms. The van der Waals surface area contributed by atoms with E-state index in [1.165, 1.54) is 4.90 Å². The van der Waals surface area contributed by atoms with Crippen LogP contribution < -0.4 is 4.90 Å². The molecule has 17 heavy (non-hydrogen) atoms. The van der Waals surface area contributed by atoms with Gasteiger partial charge in [0.25, 0.3) is 0 Å². The number of cyclic esters (lactones) is 1. The zero-order valence-corrected chi connectivity index (χ0v) is 9.88. The van der Waals surface area contributed by atoms with Gasteiger partial charge in [-0.1, -0.05) is 32.0 Å². The minimum atomic E-state index is -0.664. The molecule has 1 aliphatic heterocycles. The van der Waals surface area contributed by atoms with Gasteiger partial charge in [0.05, 0.1) is 12.2 Å². The predicted octanol–water partition coefficient (Wildman–Crippen LogP) is 2.66. The molecule has 0 N–H and O–H groups in total. The Bertz CT molecular complexity index is 477. The molecule has 1 unspecified atom stereocenters. The van der Waals surface area contributed by atoms with Crippen LogP contribution in [0.5, 0.6) is 0 Å². The van der Waals surface area contributed by atoms with E-state index in [2.05, 4.69) is 13.8 Å². The molecule has 1 aliphatic rings. The highest BCUT2D eigenvalue weighted by molar-refractivity contribution is 5.91. The summed E-state index contributed by atoms with van der Waals surface area (Å²) in [6.07, 6.45) is -1.10. The fourth-order valence-electron chi connectivity index (χ4n) is 1.95. The summed E-state index contributed by atoms with van der Waals surface area (Å²) >= 11 is 0. The van der Waals surface area contributed by atoms with Gasteiger partial charge in [0.15, 0.2) is 0 Å². The number of carbonyl (C=O) groups is 1. The van der Waals surface area contributed by atoms with E-state index in [0.29, 0.717) is 12.5 Å². The van der Waals surface area contributed by atoms with E-state index in [1.54, 1.807) is 0 Å². The number of ether oxygens (including phenoxy) is 1. The molecule has 4 heteroatoms. The van der Waals surface area contributed by atoms with Crippen molar-refractivity contribution in [2.75, 3.05) is 11.4 Å². The summed E-state index contributed by atoms with van der Waals surface area (Å²) in [7, 11) is 0. The minimum Gasteiger partial charge on any atom is -0.428 e. The number of carbonyl (C=O) groups excluding carboxylic acids is 1. The highest BCUT2D eigenvalue weighted by Crippen LogP contribution is 2.30. The molecule has 1 fully saturated rings. The summed E-state index contributed by atoms with van der Waals surface area (Å²) in [4.78, 5) is 13.2. The Kier molecular flexibility index (Phi) is 3.01. The molecular formula is C13H14N2O2. The second kappa shape index (κ2) is 4.46. The molecule has 1 atom stereocenters. The Morgan fingerprint density at radius 3 is 2.76 bits per heavy atom. The van der Waals surface area contributed by atoms with E-state index in [9.17, 15) is 4.79 Å². The molecule has 1 heterocycles. The quantitative estimate of drug-likeness (QED) is 0.784.